The summed E-state index contributed by atoms with van der Waals surface area (Å²) in [7, 11) is -3.54. The summed E-state index contributed by atoms with van der Waals surface area (Å²) in [6, 6.07) is 10.7. The Morgan fingerprint density at radius 2 is 2.00 bits per heavy atom. The summed E-state index contributed by atoms with van der Waals surface area (Å²) in [5.74, 6) is -1.68. The van der Waals surface area contributed by atoms with E-state index in [1.807, 2.05) is 31.2 Å². The van der Waals surface area contributed by atoms with Gasteiger partial charge in [-0.25, -0.2) is 13.8 Å². The number of aliphatic carboxylic acids is 1. The zero-order valence-corrected chi connectivity index (χ0v) is 24.9. The molecule has 0 bridgehead atoms. The van der Waals surface area contributed by atoms with E-state index in [0.29, 0.717) is 29.1 Å². The molecule has 1 unspecified atom stereocenters. The summed E-state index contributed by atoms with van der Waals surface area (Å²) in [5.41, 5.74) is 3.95. The zero-order chi connectivity index (χ0) is 31.3. The van der Waals surface area contributed by atoms with Crippen LogP contribution in [0.3, 0.4) is 0 Å². The number of fused-ring (bicyclic) bond motifs is 4. The van der Waals surface area contributed by atoms with E-state index in [1.54, 1.807) is 17.3 Å². The Kier molecular flexibility index (Phi) is 7.75. The molecule has 0 amide bonds. The fourth-order valence-corrected chi connectivity index (χ4v) is 8.02. The third-order valence-corrected chi connectivity index (χ3v) is 10.5. The van der Waals surface area contributed by atoms with Crippen LogP contribution in [0.2, 0.25) is 0 Å². The van der Waals surface area contributed by atoms with Crippen LogP contribution >= 0.6 is 10.8 Å². The molecule has 2 atom stereocenters. The number of carbonyl (C=O) groups is 1. The molecule has 3 aromatic heterocycles. The van der Waals surface area contributed by atoms with Crippen LogP contribution in [0.5, 0.6) is 0 Å². The van der Waals surface area contributed by atoms with Gasteiger partial charge in [-0.3, -0.25) is 18.3 Å². The average Bonchev–Trinajstić information content (AvgIpc) is 3.63. The molecule has 0 radical (unpaired) electrons. The van der Waals surface area contributed by atoms with Gasteiger partial charge in [0.25, 0.3) is 6.43 Å². The van der Waals surface area contributed by atoms with Crippen LogP contribution in [0.1, 0.15) is 70.8 Å². The highest BCUT2D eigenvalue weighted by atomic mass is 32.3. The Bertz CT molecular complexity index is 1810. The van der Waals surface area contributed by atoms with Gasteiger partial charge in [-0.2, -0.15) is 9.57 Å². The molecule has 2 aliphatic rings. The highest BCUT2D eigenvalue weighted by molar-refractivity contribution is 8.22. The van der Waals surface area contributed by atoms with E-state index in [9.17, 15) is 33.0 Å². The van der Waals surface area contributed by atoms with Gasteiger partial charge in [0.15, 0.2) is 11.5 Å². The second kappa shape index (κ2) is 11.4. The number of aryl methyl sites for hydroxylation is 2. The van der Waals surface area contributed by atoms with Gasteiger partial charge in [0.1, 0.15) is 11.0 Å². The molecule has 1 saturated heterocycles. The maximum absolute atomic E-state index is 13.4. The van der Waals surface area contributed by atoms with Crippen molar-refractivity contribution in [1.29, 1.82) is 5.26 Å². The van der Waals surface area contributed by atoms with E-state index < -0.39 is 34.9 Å². The van der Waals surface area contributed by atoms with Crippen molar-refractivity contribution < 1.29 is 27.8 Å². The minimum atomic E-state index is -3.54. The van der Waals surface area contributed by atoms with Gasteiger partial charge < -0.3 is 10.0 Å². The van der Waals surface area contributed by atoms with E-state index in [2.05, 4.69) is 20.1 Å². The number of aromatic nitrogens is 4. The van der Waals surface area contributed by atoms with Crippen LogP contribution in [0.15, 0.2) is 47.6 Å². The summed E-state index contributed by atoms with van der Waals surface area (Å²) < 4.78 is 53.1. The first-order valence-electron chi connectivity index (χ1n) is 14.1. The summed E-state index contributed by atoms with van der Waals surface area (Å²) >= 11 is 0. The predicted molar refractivity (Wildman–Crippen MR) is 159 cm³/mol. The number of nitriles is 1. The quantitative estimate of drug-likeness (QED) is 0.235. The molecular formula is C30H31F2N7O4S. The minimum absolute atomic E-state index is 0.00164. The monoisotopic (exact) mass is 623 g/mol. The van der Waals surface area contributed by atoms with Crippen LogP contribution in [-0.4, -0.2) is 63.2 Å². The molecule has 3 N–H and O–H groups in total. The number of halogens is 2. The lowest BCUT2D eigenvalue weighted by molar-refractivity contribution is -0.137. The van der Waals surface area contributed by atoms with Crippen molar-refractivity contribution in [3.8, 4) is 6.07 Å². The molecular weight excluding hydrogens is 592 g/mol. The number of hydrogen-bond acceptors (Lipinski definition) is 9. The van der Waals surface area contributed by atoms with Crippen molar-refractivity contribution in [2.45, 2.75) is 62.9 Å². The highest BCUT2D eigenvalue weighted by Gasteiger charge is 2.41. The van der Waals surface area contributed by atoms with Gasteiger partial charge in [0.05, 0.1) is 12.0 Å². The fourth-order valence-electron chi connectivity index (χ4n) is 6.34. The minimum Gasteiger partial charge on any atom is -0.481 e. The normalized spacial score (nSPS) is 19.3. The maximum atomic E-state index is 13.4. The molecule has 44 heavy (non-hydrogen) atoms. The van der Waals surface area contributed by atoms with Gasteiger partial charge in [-0.1, -0.05) is 18.2 Å². The van der Waals surface area contributed by atoms with E-state index >= 15 is 0 Å². The summed E-state index contributed by atoms with van der Waals surface area (Å²) in [5, 5.41) is 26.9. The number of pyridine rings is 2. The van der Waals surface area contributed by atoms with Crippen LogP contribution in [-0.2, 0) is 11.3 Å². The zero-order valence-electron chi connectivity index (χ0n) is 24.1. The van der Waals surface area contributed by atoms with Crippen LogP contribution in [0, 0.1) is 25.2 Å². The van der Waals surface area contributed by atoms with Crippen molar-refractivity contribution in [1.82, 2.24) is 23.9 Å². The molecule has 1 aromatic carbocycles. The number of carboxylic acid groups (broad SMARTS) is 1. The summed E-state index contributed by atoms with van der Waals surface area (Å²) in [6.45, 7) is 4.85. The second-order valence-corrected chi connectivity index (χ2v) is 13.3. The number of benzene rings is 1. The predicted octanol–water partition coefficient (Wildman–Crippen LogP) is 5.67. The number of hydrogen-bond donors (Lipinski definition) is 3. The van der Waals surface area contributed by atoms with Gasteiger partial charge in [-0.15, -0.1) is 21.0 Å². The number of rotatable bonds is 7. The number of nitrogens with zero attached hydrogens (tertiary/aromatic N) is 7. The third kappa shape index (κ3) is 5.15. The van der Waals surface area contributed by atoms with E-state index in [-0.39, 0.29) is 35.1 Å². The Morgan fingerprint density at radius 1 is 1.20 bits per heavy atom. The fraction of sp³-hybridized carbons (Fsp3) is 0.367. The largest absolute Gasteiger partial charge is 0.481 e. The lowest BCUT2D eigenvalue weighted by Crippen LogP contribution is -2.38. The molecule has 0 aliphatic carbocycles. The number of carboxylic acids is 1. The first-order valence-corrected chi connectivity index (χ1v) is 15.6. The van der Waals surface area contributed by atoms with Crippen LogP contribution in [0.25, 0.3) is 5.65 Å². The van der Waals surface area contributed by atoms with Crippen molar-refractivity contribution in [2.24, 2.45) is 0 Å². The molecule has 11 nitrogen and oxygen atoms in total. The number of anilines is 1. The lowest BCUT2D eigenvalue weighted by Gasteiger charge is -2.42. The Hall–Kier alpha value is -4.16. The molecule has 0 spiro atoms. The van der Waals surface area contributed by atoms with Gasteiger partial charge in [0.2, 0.25) is 5.82 Å². The van der Waals surface area contributed by atoms with Gasteiger partial charge in [-0.05, 0) is 66.6 Å². The van der Waals surface area contributed by atoms with E-state index in [0.717, 1.165) is 30.5 Å². The molecule has 230 valence electrons. The van der Waals surface area contributed by atoms with Gasteiger partial charge >= 0.3 is 5.97 Å². The Morgan fingerprint density at radius 3 is 2.73 bits per heavy atom. The van der Waals surface area contributed by atoms with Crippen LogP contribution < -0.4 is 4.90 Å². The lowest BCUT2D eigenvalue weighted by atomic mass is 9.85. The molecule has 6 rings (SSSR count). The summed E-state index contributed by atoms with van der Waals surface area (Å²) in [4.78, 5) is 18.8. The molecule has 0 saturated carbocycles. The first kappa shape index (κ1) is 29.9. The Labute approximate surface area is 253 Å². The van der Waals surface area contributed by atoms with Crippen molar-refractivity contribution >= 4 is 28.2 Å². The van der Waals surface area contributed by atoms with Crippen molar-refractivity contribution in [3.63, 3.8) is 0 Å². The molecule has 4 aromatic rings. The first-order chi connectivity index (χ1) is 21.0. The molecule has 5 heterocycles. The molecule has 2 aliphatic heterocycles. The third-order valence-electron chi connectivity index (χ3n) is 8.65. The second-order valence-electron chi connectivity index (χ2n) is 11.3. The highest BCUT2D eigenvalue weighted by Crippen LogP contribution is 2.58. The Balaban J connectivity index is 1.40. The summed E-state index contributed by atoms with van der Waals surface area (Å²) in [6.07, 6.45) is 1.58. The average molecular weight is 624 g/mol. The van der Waals surface area contributed by atoms with E-state index in [4.69, 9.17) is 0 Å². The molecule has 1 fully saturated rings. The molecule has 14 heteroatoms. The topological polar surface area (TPSA) is 151 Å². The van der Waals surface area contributed by atoms with Gasteiger partial charge in [0, 0.05) is 44.0 Å². The van der Waals surface area contributed by atoms with Crippen molar-refractivity contribution in [2.75, 3.05) is 18.0 Å². The SMILES string of the molecule is Cc1ccc(C(CC(=O)O)c2ccn3c(C(F)F)nnc3c2C)cc1CN1C[C@@H]2CCCN2c2ncc(C#N)cc2S1(O)O. The van der Waals surface area contributed by atoms with Crippen LogP contribution in [0.4, 0.5) is 14.6 Å². The maximum Gasteiger partial charge on any atom is 0.304 e. The standard InChI is InChI=1S/C30H31F2N7O4S/c1-17-5-6-20(24(12-26(40)41)23-7-9-39-28(18(23)2)35-36-30(39)27(31)32)11-21(17)15-37-16-22-4-3-8-38(22)29-25(44(37,42)43)10-19(13-33)14-34-29/h5-7,9-11,14,22,24,27,42-43H,3-4,8,12,15-16H2,1-2H3,(H,40,41)/t22-,24?/m0/s1. The van der Waals surface area contributed by atoms with Crippen molar-refractivity contribution in [3.05, 3.63) is 81.9 Å². The van der Waals surface area contributed by atoms with E-state index in [1.165, 1.54) is 22.9 Å². The smallest absolute Gasteiger partial charge is 0.304 e. The number of alkyl halides is 2.